The molecule has 2 fully saturated rings. The molecule has 0 radical (unpaired) electrons. The summed E-state index contributed by atoms with van der Waals surface area (Å²) in [5.41, 5.74) is 2.81. The van der Waals surface area contributed by atoms with E-state index in [0.29, 0.717) is 18.0 Å². The van der Waals surface area contributed by atoms with Crippen LogP contribution in [0.3, 0.4) is 0 Å². The Balaban J connectivity index is 1.36. The van der Waals surface area contributed by atoms with Gasteiger partial charge in [-0.1, -0.05) is 42.0 Å². The average Bonchev–Trinajstić information content (AvgIpc) is 3.36. The summed E-state index contributed by atoms with van der Waals surface area (Å²) < 4.78 is 14.0. The van der Waals surface area contributed by atoms with Gasteiger partial charge < -0.3 is 14.8 Å². The Morgan fingerprint density at radius 3 is 2.68 bits per heavy atom. The van der Waals surface area contributed by atoms with Gasteiger partial charge in [-0.2, -0.15) is 0 Å². The van der Waals surface area contributed by atoms with Crippen LogP contribution in [0.4, 0.5) is 0 Å². The Kier molecular flexibility index (Phi) is 6.96. The lowest BCUT2D eigenvalue weighted by molar-refractivity contribution is 0.199. The molecule has 138 valence electrons. The van der Waals surface area contributed by atoms with Crippen molar-refractivity contribution in [3.8, 4) is 0 Å². The number of piperidine rings is 1. The van der Waals surface area contributed by atoms with Gasteiger partial charge >= 0.3 is 0 Å². The van der Waals surface area contributed by atoms with Crippen molar-refractivity contribution < 1.29 is 4.55 Å². The van der Waals surface area contributed by atoms with Crippen molar-refractivity contribution in [2.45, 2.75) is 38.3 Å². The molecule has 1 aliphatic carbocycles. The normalized spacial score (nSPS) is 26.6. The maximum atomic E-state index is 11.0. The summed E-state index contributed by atoms with van der Waals surface area (Å²) >= 11 is -0.894. The Hall–Kier alpha value is -0.850. The third kappa shape index (κ3) is 6.12. The van der Waals surface area contributed by atoms with Crippen LogP contribution in [0.15, 0.2) is 35.9 Å². The largest absolute Gasteiger partial charge is 0.598 e. The molecule has 5 heteroatoms. The first-order valence-corrected chi connectivity index (χ1v) is 11.0. The smallest absolute Gasteiger partial charge is 0.115 e. The van der Waals surface area contributed by atoms with Gasteiger partial charge in [0.1, 0.15) is 6.26 Å². The van der Waals surface area contributed by atoms with Crippen molar-refractivity contribution in [1.82, 2.24) is 14.9 Å². The van der Waals surface area contributed by atoms with E-state index in [9.17, 15) is 4.55 Å². The second kappa shape index (κ2) is 9.19. The molecule has 1 aromatic carbocycles. The fourth-order valence-corrected chi connectivity index (χ4v) is 4.15. The topological polar surface area (TPSA) is 50.4 Å². The molecule has 0 spiro atoms. The number of hydrogen-bond donors (Lipinski definition) is 2. The first-order chi connectivity index (χ1) is 12.1. The number of nitrogens with zero attached hydrogens (tertiary/aromatic N) is 1. The summed E-state index contributed by atoms with van der Waals surface area (Å²) in [5.74, 6) is 0.710. The molecule has 1 saturated heterocycles. The molecule has 0 bridgehead atoms. The first kappa shape index (κ1) is 18.9. The summed E-state index contributed by atoms with van der Waals surface area (Å²) in [6.07, 6.45) is 7.75. The van der Waals surface area contributed by atoms with Gasteiger partial charge in [-0.25, -0.2) is 0 Å². The zero-order valence-corrected chi connectivity index (χ0v) is 16.2. The van der Waals surface area contributed by atoms with Gasteiger partial charge in [0, 0.05) is 30.0 Å². The van der Waals surface area contributed by atoms with Crippen molar-refractivity contribution in [2.24, 2.45) is 5.92 Å². The Labute approximate surface area is 155 Å². The molecule has 2 aliphatic rings. The fraction of sp³-hybridized carbons (Fsp3) is 0.600. The van der Waals surface area contributed by atoms with Gasteiger partial charge in [-0.15, -0.1) is 4.72 Å². The molecule has 4 nitrogen and oxygen atoms in total. The van der Waals surface area contributed by atoms with Gasteiger partial charge in [0.2, 0.25) is 0 Å². The molecule has 2 N–H and O–H groups in total. The molecule has 1 saturated carbocycles. The SMILES string of the molecule is C/C(=C\c1ccccc1)[C@@H]1C[C@H]1NC1CCN(CCN[S+](C)[O-])CC1. The molecule has 0 amide bonds. The number of likely N-dealkylation sites (tertiary alicyclic amines) is 1. The highest BCUT2D eigenvalue weighted by Gasteiger charge is 2.39. The maximum Gasteiger partial charge on any atom is 0.115 e. The van der Waals surface area contributed by atoms with E-state index in [-0.39, 0.29) is 0 Å². The predicted molar refractivity (Wildman–Crippen MR) is 107 cm³/mol. The summed E-state index contributed by atoms with van der Waals surface area (Å²) in [6, 6.07) is 11.9. The summed E-state index contributed by atoms with van der Waals surface area (Å²) in [5, 5.41) is 3.87. The summed E-state index contributed by atoms with van der Waals surface area (Å²) in [7, 11) is 0. The first-order valence-electron chi connectivity index (χ1n) is 9.40. The molecule has 3 atom stereocenters. The van der Waals surface area contributed by atoms with Crippen LogP contribution in [0, 0.1) is 5.92 Å². The Morgan fingerprint density at radius 2 is 2.00 bits per heavy atom. The molecule has 1 aromatic rings. The summed E-state index contributed by atoms with van der Waals surface area (Å²) in [4.78, 5) is 2.48. The van der Waals surface area contributed by atoms with Gasteiger partial charge in [0.15, 0.2) is 0 Å². The van der Waals surface area contributed by atoms with Crippen LogP contribution >= 0.6 is 0 Å². The monoisotopic (exact) mass is 361 g/mol. The highest BCUT2D eigenvalue weighted by molar-refractivity contribution is 7.88. The van der Waals surface area contributed by atoms with Crippen molar-refractivity contribution in [2.75, 3.05) is 32.4 Å². The third-order valence-corrected chi connectivity index (χ3v) is 5.95. The number of nitrogens with one attached hydrogen (secondary N) is 2. The number of rotatable bonds is 8. The molecule has 0 aromatic heterocycles. The molecule has 1 aliphatic heterocycles. The minimum absolute atomic E-state index is 0.657. The highest BCUT2D eigenvalue weighted by Crippen LogP contribution is 2.38. The zero-order valence-electron chi connectivity index (χ0n) is 15.4. The van der Waals surface area contributed by atoms with Crippen LogP contribution in [0.2, 0.25) is 0 Å². The van der Waals surface area contributed by atoms with E-state index in [1.807, 2.05) is 0 Å². The number of benzene rings is 1. The average molecular weight is 362 g/mol. The maximum absolute atomic E-state index is 11.0. The van der Waals surface area contributed by atoms with E-state index in [1.165, 1.54) is 30.4 Å². The minimum atomic E-state index is -0.894. The van der Waals surface area contributed by atoms with Crippen molar-refractivity contribution in [3.63, 3.8) is 0 Å². The lowest BCUT2D eigenvalue weighted by Gasteiger charge is -2.32. The van der Waals surface area contributed by atoms with Gasteiger partial charge in [0.25, 0.3) is 0 Å². The van der Waals surface area contributed by atoms with E-state index in [4.69, 9.17) is 0 Å². The summed E-state index contributed by atoms with van der Waals surface area (Å²) in [6.45, 7) is 6.37. The predicted octanol–water partition coefficient (Wildman–Crippen LogP) is 2.42. The Morgan fingerprint density at radius 1 is 1.28 bits per heavy atom. The minimum Gasteiger partial charge on any atom is -0.598 e. The van der Waals surface area contributed by atoms with E-state index in [1.54, 1.807) is 6.26 Å². The van der Waals surface area contributed by atoms with Crippen LogP contribution in [0.25, 0.3) is 6.08 Å². The standard InChI is InChI=1S/C20H31N3OS/c1-16(14-17-6-4-3-5-7-17)19-15-20(19)22-18-8-11-23(12-9-18)13-10-21-25(2)24/h3-7,14,18-22H,8-13,15H2,1-2H3/b16-14+/t19-,20+,25?/m0/s1. The van der Waals surface area contributed by atoms with Crippen LogP contribution in [0.1, 0.15) is 31.7 Å². The molecular weight excluding hydrogens is 330 g/mol. The number of hydrogen-bond acceptors (Lipinski definition) is 4. The van der Waals surface area contributed by atoms with Crippen molar-refractivity contribution >= 4 is 17.4 Å². The van der Waals surface area contributed by atoms with Crippen molar-refractivity contribution in [3.05, 3.63) is 41.5 Å². The van der Waals surface area contributed by atoms with E-state index >= 15 is 0 Å². The fourth-order valence-electron chi connectivity index (χ4n) is 3.78. The van der Waals surface area contributed by atoms with Gasteiger partial charge in [-0.3, -0.25) is 0 Å². The van der Waals surface area contributed by atoms with Gasteiger partial charge in [0.05, 0.1) is 6.54 Å². The lowest BCUT2D eigenvalue weighted by Crippen LogP contribution is -2.45. The van der Waals surface area contributed by atoms with Crippen LogP contribution < -0.4 is 10.0 Å². The Bertz CT molecular complexity index is 555. The molecule has 1 heterocycles. The molecule has 3 rings (SSSR count). The third-order valence-electron chi connectivity index (χ3n) is 5.34. The van der Waals surface area contributed by atoms with Crippen molar-refractivity contribution in [1.29, 1.82) is 0 Å². The molecular formula is C20H31N3OS. The second-order valence-corrected chi connectivity index (χ2v) is 8.58. The highest BCUT2D eigenvalue weighted by atomic mass is 32.2. The molecule has 1 unspecified atom stereocenters. The van der Waals surface area contributed by atoms with E-state index < -0.39 is 11.4 Å². The second-order valence-electron chi connectivity index (χ2n) is 7.38. The molecule has 25 heavy (non-hydrogen) atoms. The van der Waals surface area contributed by atoms with Crippen LogP contribution in [-0.2, 0) is 11.4 Å². The van der Waals surface area contributed by atoms with Crippen LogP contribution in [-0.4, -0.2) is 54.0 Å². The van der Waals surface area contributed by atoms with E-state index in [2.05, 4.69) is 58.3 Å². The van der Waals surface area contributed by atoms with E-state index in [0.717, 1.165) is 26.2 Å². The lowest BCUT2D eigenvalue weighted by atomic mass is 10.0. The van der Waals surface area contributed by atoms with Gasteiger partial charge in [-0.05, 0) is 50.8 Å². The zero-order chi connectivity index (χ0) is 17.6. The van der Waals surface area contributed by atoms with Crippen LogP contribution in [0.5, 0.6) is 0 Å². The quantitative estimate of drug-likeness (QED) is 0.698.